The summed E-state index contributed by atoms with van der Waals surface area (Å²) >= 11 is 0. The Labute approximate surface area is 119 Å². The Morgan fingerprint density at radius 2 is 2.00 bits per heavy atom. The Bertz CT molecular complexity index is 290. The van der Waals surface area contributed by atoms with Gasteiger partial charge in [-0.2, -0.15) is 0 Å². The van der Waals surface area contributed by atoms with Crippen molar-refractivity contribution < 1.29 is 0 Å². The lowest BCUT2D eigenvalue weighted by Crippen LogP contribution is -2.58. The van der Waals surface area contributed by atoms with E-state index in [9.17, 15) is 0 Å². The van der Waals surface area contributed by atoms with Crippen molar-refractivity contribution in [2.45, 2.75) is 64.1 Å². The SMILES string of the molecule is CNC1C(N(C)CC2CCCN2C)CCCC1(C)C. The van der Waals surface area contributed by atoms with Crippen LogP contribution in [-0.4, -0.2) is 62.2 Å². The Kier molecular flexibility index (Phi) is 4.91. The average Bonchev–Trinajstić information content (AvgIpc) is 2.73. The largest absolute Gasteiger partial charge is 0.315 e. The van der Waals surface area contributed by atoms with Crippen LogP contribution in [-0.2, 0) is 0 Å². The molecule has 3 nitrogen and oxygen atoms in total. The predicted octanol–water partition coefficient (Wildman–Crippen LogP) is 2.18. The van der Waals surface area contributed by atoms with Crippen molar-refractivity contribution in [1.29, 1.82) is 0 Å². The molecule has 112 valence electrons. The van der Waals surface area contributed by atoms with Crippen molar-refractivity contribution >= 4 is 0 Å². The molecule has 1 heterocycles. The minimum Gasteiger partial charge on any atom is -0.315 e. The van der Waals surface area contributed by atoms with Crippen LogP contribution in [0.5, 0.6) is 0 Å². The summed E-state index contributed by atoms with van der Waals surface area (Å²) in [5.74, 6) is 0. The van der Waals surface area contributed by atoms with Gasteiger partial charge in [0.2, 0.25) is 0 Å². The summed E-state index contributed by atoms with van der Waals surface area (Å²) in [7, 11) is 6.76. The molecule has 19 heavy (non-hydrogen) atoms. The van der Waals surface area contributed by atoms with Gasteiger partial charge in [0.25, 0.3) is 0 Å². The van der Waals surface area contributed by atoms with Crippen molar-refractivity contribution in [2.24, 2.45) is 5.41 Å². The van der Waals surface area contributed by atoms with E-state index in [0.29, 0.717) is 17.5 Å². The van der Waals surface area contributed by atoms with Crippen molar-refractivity contribution in [3.05, 3.63) is 0 Å². The highest BCUT2D eigenvalue weighted by atomic mass is 15.2. The third kappa shape index (κ3) is 3.32. The van der Waals surface area contributed by atoms with Crippen LogP contribution in [0.25, 0.3) is 0 Å². The molecule has 1 aliphatic heterocycles. The third-order valence-electron chi connectivity index (χ3n) is 5.60. The van der Waals surface area contributed by atoms with Gasteiger partial charge in [-0.15, -0.1) is 0 Å². The van der Waals surface area contributed by atoms with Crippen molar-refractivity contribution in [3.63, 3.8) is 0 Å². The number of rotatable bonds is 4. The Hall–Kier alpha value is -0.120. The van der Waals surface area contributed by atoms with Gasteiger partial charge < -0.3 is 15.1 Å². The molecule has 2 fully saturated rings. The zero-order valence-corrected chi connectivity index (χ0v) is 13.6. The number of likely N-dealkylation sites (N-methyl/N-ethyl adjacent to an activating group) is 3. The molecule has 2 rings (SSSR count). The fourth-order valence-electron chi connectivity index (χ4n) is 4.35. The van der Waals surface area contributed by atoms with E-state index in [1.165, 1.54) is 45.2 Å². The van der Waals surface area contributed by atoms with Gasteiger partial charge in [-0.05, 0) is 58.8 Å². The highest BCUT2D eigenvalue weighted by Crippen LogP contribution is 2.37. The Morgan fingerprint density at radius 1 is 1.26 bits per heavy atom. The molecule has 1 N–H and O–H groups in total. The molecule has 0 aromatic rings. The molecule has 0 spiro atoms. The van der Waals surface area contributed by atoms with E-state index >= 15 is 0 Å². The summed E-state index contributed by atoms with van der Waals surface area (Å²) in [4.78, 5) is 5.17. The van der Waals surface area contributed by atoms with Gasteiger partial charge in [-0.3, -0.25) is 0 Å². The second kappa shape index (κ2) is 6.11. The summed E-state index contributed by atoms with van der Waals surface area (Å²) < 4.78 is 0. The summed E-state index contributed by atoms with van der Waals surface area (Å²) in [6.07, 6.45) is 6.83. The Balaban J connectivity index is 1.98. The molecule has 1 saturated heterocycles. The first-order chi connectivity index (χ1) is 8.95. The summed E-state index contributed by atoms with van der Waals surface area (Å²) in [6.45, 7) is 7.37. The van der Waals surface area contributed by atoms with Crippen LogP contribution >= 0.6 is 0 Å². The van der Waals surface area contributed by atoms with E-state index < -0.39 is 0 Å². The second-order valence-corrected chi connectivity index (χ2v) is 7.43. The minimum absolute atomic E-state index is 0.424. The first kappa shape index (κ1) is 15.3. The van der Waals surface area contributed by atoms with Crippen molar-refractivity contribution in [1.82, 2.24) is 15.1 Å². The van der Waals surface area contributed by atoms with Crippen LogP contribution in [0.2, 0.25) is 0 Å². The van der Waals surface area contributed by atoms with Crippen molar-refractivity contribution in [3.8, 4) is 0 Å². The monoisotopic (exact) mass is 267 g/mol. The van der Waals surface area contributed by atoms with Crippen LogP contribution in [0.15, 0.2) is 0 Å². The van der Waals surface area contributed by atoms with Gasteiger partial charge in [0, 0.05) is 24.7 Å². The maximum Gasteiger partial charge on any atom is 0.0271 e. The van der Waals surface area contributed by atoms with E-state index in [-0.39, 0.29) is 0 Å². The summed E-state index contributed by atoms with van der Waals surface area (Å²) in [6, 6.07) is 2.09. The fourth-order valence-corrected chi connectivity index (χ4v) is 4.35. The van der Waals surface area contributed by atoms with Crippen LogP contribution in [0, 0.1) is 5.41 Å². The Morgan fingerprint density at radius 3 is 2.58 bits per heavy atom. The molecule has 3 unspecified atom stereocenters. The lowest BCUT2D eigenvalue weighted by atomic mass is 9.70. The van der Waals surface area contributed by atoms with Gasteiger partial charge in [-0.25, -0.2) is 0 Å². The molecule has 1 saturated carbocycles. The van der Waals surface area contributed by atoms with Gasteiger partial charge in [0.1, 0.15) is 0 Å². The first-order valence-electron chi connectivity index (χ1n) is 8.03. The van der Waals surface area contributed by atoms with Crippen LogP contribution in [0.3, 0.4) is 0 Å². The van der Waals surface area contributed by atoms with E-state index in [2.05, 4.69) is 50.1 Å². The zero-order valence-electron chi connectivity index (χ0n) is 13.6. The van der Waals surface area contributed by atoms with E-state index in [0.717, 1.165) is 6.04 Å². The van der Waals surface area contributed by atoms with E-state index in [4.69, 9.17) is 0 Å². The van der Waals surface area contributed by atoms with Crippen LogP contribution in [0.1, 0.15) is 46.0 Å². The molecule has 0 radical (unpaired) electrons. The lowest BCUT2D eigenvalue weighted by Gasteiger charge is -2.48. The van der Waals surface area contributed by atoms with Crippen LogP contribution < -0.4 is 5.32 Å². The number of nitrogens with zero attached hydrogens (tertiary/aromatic N) is 2. The fraction of sp³-hybridized carbons (Fsp3) is 1.00. The minimum atomic E-state index is 0.424. The number of likely N-dealkylation sites (tertiary alicyclic amines) is 1. The maximum atomic E-state index is 3.61. The predicted molar refractivity (Wildman–Crippen MR) is 82.5 cm³/mol. The highest BCUT2D eigenvalue weighted by Gasteiger charge is 2.40. The molecule has 3 heteroatoms. The second-order valence-electron chi connectivity index (χ2n) is 7.43. The standard InChI is InChI=1S/C16H33N3/c1-16(2)10-6-9-14(15(16)17-3)19(5)12-13-8-7-11-18(13)4/h13-15,17H,6-12H2,1-5H3. The molecular formula is C16H33N3. The smallest absolute Gasteiger partial charge is 0.0271 e. The highest BCUT2D eigenvalue weighted by molar-refractivity contribution is 4.97. The average molecular weight is 267 g/mol. The number of nitrogens with one attached hydrogen (secondary N) is 1. The molecule has 2 aliphatic rings. The maximum absolute atomic E-state index is 3.61. The third-order valence-corrected chi connectivity index (χ3v) is 5.60. The summed E-state index contributed by atoms with van der Waals surface area (Å²) in [5, 5.41) is 3.61. The number of hydrogen-bond donors (Lipinski definition) is 1. The van der Waals surface area contributed by atoms with Gasteiger partial charge in [0.15, 0.2) is 0 Å². The topological polar surface area (TPSA) is 18.5 Å². The van der Waals surface area contributed by atoms with E-state index in [1.54, 1.807) is 0 Å². The normalized spacial score (nSPS) is 36.0. The summed E-state index contributed by atoms with van der Waals surface area (Å²) in [5.41, 5.74) is 0.424. The van der Waals surface area contributed by atoms with Gasteiger partial charge >= 0.3 is 0 Å². The molecule has 3 atom stereocenters. The van der Waals surface area contributed by atoms with E-state index in [1.807, 2.05) is 0 Å². The molecule has 0 aromatic carbocycles. The molecule has 0 bridgehead atoms. The van der Waals surface area contributed by atoms with Crippen molar-refractivity contribution in [2.75, 3.05) is 34.2 Å². The first-order valence-corrected chi connectivity index (χ1v) is 8.03. The van der Waals surface area contributed by atoms with Gasteiger partial charge in [0.05, 0.1) is 0 Å². The zero-order chi connectivity index (χ0) is 14.0. The molecule has 0 aromatic heterocycles. The molecule has 0 amide bonds. The molecular weight excluding hydrogens is 234 g/mol. The quantitative estimate of drug-likeness (QED) is 0.842. The van der Waals surface area contributed by atoms with Crippen LogP contribution in [0.4, 0.5) is 0 Å². The molecule has 1 aliphatic carbocycles. The lowest BCUT2D eigenvalue weighted by molar-refractivity contribution is 0.0554. The van der Waals surface area contributed by atoms with Gasteiger partial charge in [-0.1, -0.05) is 20.3 Å². The number of hydrogen-bond acceptors (Lipinski definition) is 3.